The fourth-order valence-corrected chi connectivity index (χ4v) is 2.57. The molecular weight excluding hydrogens is 277 g/mol. The number of nitrogens with zero attached hydrogens (tertiary/aromatic N) is 1. The summed E-state index contributed by atoms with van der Waals surface area (Å²) < 4.78 is 13.9. The minimum absolute atomic E-state index is 0.102. The van der Waals surface area contributed by atoms with Crippen molar-refractivity contribution in [3.63, 3.8) is 0 Å². The van der Waals surface area contributed by atoms with Crippen molar-refractivity contribution in [2.75, 3.05) is 0 Å². The van der Waals surface area contributed by atoms with Gasteiger partial charge in [0.05, 0.1) is 0 Å². The molecule has 0 aliphatic heterocycles. The van der Waals surface area contributed by atoms with Gasteiger partial charge in [0.15, 0.2) is 5.84 Å². The summed E-state index contributed by atoms with van der Waals surface area (Å²) in [6.07, 6.45) is 0. The molecular formula is C14H16FN3OS. The molecule has 0 unspecified atom stereocenters. The summed E-state index contributed by atoms with van der Waals surface area (Å²) in [4.78, 5) is 1.21. The second-order valence-electron chi connectivity index (χ2n) is 4.41. The number of halogens is 1. The molecule has 4 nitrogen and oxygen atoms in total. The highest BCUT2D eigenvalue weighted by Gasteiger charge is 2.09. The Morgan fingerprint density at radius 1 is 1.50 bits per heavy atom. The highest BCUT2D eigenvalue weighted by molar-refractivity contribution is 7.10. The number of amidine groups is 1. The molecule has 2 aromatic rings. The average molecular weight is 293 g/mol. The first kappa shape index (κ1) is 14.5. The first-order chi connectivity index (χ1) is 9.61. The van der Waals surface area contributed by atoms with Crippen LogP contribution in [0.3, 0.4) is 0 Å². The van der Waals surface area contributed by atoms with Crippen LogP contribution < -0.4 is 11.1 Å². The number of oxime groups is 1. The van der Waals surface area contributed by atoms with Gasteiger partial charge in [0.1, 0.15) is 5.82 Å². The van der Waals surface area contributed by atoms with E-state index in [0.717, 1.165) is 0 Å². The van der Waals surface area contributed by atoms with Gasteiger partial charge in [-0.05, 0) is 24.4 Å². The quantitative estimate of drug-likeness (QED) is 0.343. The Morgan fingerprint density at radius 2 is 2.30 bits per heavy atom. The molecule has 0 radical (unpaired) electrons. The van der Waals surface area contributed by atoms with Gasteiger partial charge in [-0.1, -0.05) is 23.4 Å². The monoisotopic (exact) mass is 293 g/mol. The van der Waals surface area contributed by atoms with E-state index in [1.54, 1.807) is 23.5 Å². The summed E-state index contributed by atoms with van der Waals surface area (Å²) in [5.74, 6) is -0.477. The van der Waals surface area contributed by atoms with Crippen molar-refractivity contribution < 1.29 is 9.60 Å². The lowest BCUT2D eigenvalue weighted by Crippen LogP contribution is -2.19. The van der Waals surface area contributed by atoms with Crippen LogP contribution >= 0.6 is 11.3 Å². The van der Waals surface area contributed by atoms with Crippen LogP contribution in [0.25, 0.3) is 0 Å². The lowest BCUT2D eigenvalue weighted by Gasteiger charge is -2.13. The Morgan fingerprint density at radius 3 is 2.90 bits per heavy atom. The summed E-state index contributed by atoms with van der Waals surface area (Å²) >= 11 is 1.66. The predicted octanol–water partition coefficient (Wildman–Crippen LogP) is 2.83. The van der Waals surface area contributed by atoms with Crippen molar-refractivity contribution in [1.29, 1.82) is 0 Å². The standard InChI is InChI=1S/C14H16FN3OS/c1-9(13-3-2-6-20-13)17-8-11-5-4-10(7-12(11)15)14(16)18-19/h2-7,9,17,19H,8H2,1H3,(H2,16,18)/t9-/m0/s1. The van der Waals surface area contributed by atoms with Crippen LogP contribution in [-0.2, 0) is 6.54 Å². The van der Waals surface area contributed by atoms with Gasteiger partial charge in [-0.15, -0.1) is 11.3 Å². The zero-order chi connectivity index (χ0) is 14.5. The third kappa shape index (κ3) is 3.34. The van der Waals surface area contributed by atoms with Gasteiger partial charge in [-0.25, -0.2) is 4.39 Å². The molecule has 2 rings (SSSR count). The maximum Gasteiger partial charge on any atom is 0.170 e. The predicted molar refractivity (Wildman–Crippen MR) is 78.5 cm³/mol. The third-order valence-electron chi connectivity index (χ3n) is 3.03. The van der Waals surface area contributed by atoms with Crippen molar-refractivity contribution in [2.45, 2.75) is 19.5 Å². The minimum atomic E-state index is -0.375. The number of rotatable bonds is 5. The van der Waals surface area contributed by atoms with E-state index in [1.807, 2.05) is 24.4 Å². The smallest absolute Gasteiger partial charge is 0.170 e. The number of thiophene rings is 1. The summed E-state index contributed by atoms with van der Waals surface area (Å²) in [5, 5.41) is 16.7. The van der Waals surface area contributed by atoms with E-state index in [9.17, 15) is 4.39 Å². The first-order valence-electron chi connectivity index (χ1n) is 6.15. The Balaban J connectivity index is 2.03. The van der Waals surface area contributed by atoms with Gasteiger partial charge in [-0.2, -0.15) is 0 Å². The number of nitrogens with one attached hydrogen (secondary N) is 1. The average Bonchev–Trinajstić information content (AvgIpc) is 2.99. The molecule has 0 aliphatic rings. The van der Waals surface area contributed by atoms with Gasteiger partial charge in [0, 0.05) is 28.6 Å². The maximum atomic E-state index is 13.9. The number of hydrogen-bond acceptors (Lipinski definition) is 4. The van der Waals surface area contributed by atoms with E-state index in [1.165, 1.54) is 10.9 Å². The molecule has 0 saturated carbocycles. The molecule has 4 N–H and O–H groups in total. The molecule has 0 saturated heterocycles. The molecule has 1 aromatic heterocycles. The maximum absolute atomic E-state index is 13.9. The van der Waals surface area contributed by atoms with E-state index in [4.69, 9.17) is 10.9 Å². The van der Waals surface area contributed by atoms with Gasteiger partial charge in [0.25, 0.3) is 0 Å². The molecule has 0 bridgehead atoms. The molecule has 1 atom stereocenters. The van der Waals surface area contributed by atoms with Crippen molar-refractivity contribution in [3.8, 4) is 0 Å². The van der Waals surface area contributed by atoms with E-state index >= 15 is 0 Å². The van der Waals surface area contributed by atoms with Gasteiger partial charge in [-0.3, -0.25) is 0 Å². The lowest BCUT2D eigenvalue weighted by molar-refractivity contribution is 0.318. The molecule has 1 heterocycles. The number of benzene rings is 1. The van der Waals surface area contributed by atoms with E-state index in [0.29, 0.717) is 17.7 Å². The van der Waals surface area contributed by atoms with Crippen LogP contribution in [0.15, 0.2) is 40.9 Å². The van der Waals surface area contributed by atoms with E-state index in [-0.39, 0.29) is 17.7 Å². The second-order valence-corrected chi connectivity index (χ2v) is 5.39. The molecule has 6 heteroatoms. The molecule has 1 aromatic carbocycles. The molecule has 0 spiro atoms. The zero-order valence-corrected chi connectivity index (χ0v) is 11.8. The highest BCUT2D eigenvalue weighted by Crippen LogP contribution is 2.19. The molecule has 0 aliphatic carbocycles. The Hall–Kier alpha value is -1.92. The number of hydrogen-bond donors (Lipinski definition) is 3. The van der Waals surface area contributed by atoms with Gasteiger partial charge < -0.3 is 16.3 Å². The molecule has 106 valence electrons. The van der Waals surface area contributed by atoms with Gasteiger partial charge in [0.2, 0.25) is 0 Å². The van der Waals surface area contributed by atoms with Crippen LogP contribution in [0.4, 0.5) is 4.39 Å². The zero-order valence-electron chi connectivity index (χ0n) is 11.0. The third-order valence-corrected chi connectivity index (χ3v) is 4.08. The van der Waals surface area contributed by atoms with Crippen LogP contribution in [0.1, 0.15) is 29.0 Å². The van der Waals surface area contributed by atoms with Gasteiger partial charge >= 0.3 is 0 Å². The molecule has 0 fully saturated rings. The highest BCUT2D eigenvalue weighted by atomic mass is 32.1. The Kier molecular flexibility index (Phi) is 4.70. The van der Waals surface area contributed by atoms with Crippen molar-refractivity contribution in [3.05, 3.63) is 57.5 Å². The van der Waals surface area contributed by atoms with E-state index in [2.05, 4.69) is 10.5 Å². The summed E-state index contributed by atoms with van der Waals surface area (Å²) in [5.41, 5.74) is 6.32. The second kappa shape index (κ2) is 6.49. The molecule has 0 amide bonds. The fourth-order valence-electron chi connectivity index (χ4n) is 1.81. The van der Waals surface area contributed by atoms with E-state index < -0.39 is 0 Å². The summed E-state index contributed by atoms with van der Waals surface area (Å²) in [6, 6.07) is 8.73. The number of nitrogens with two attached hydrogens (primary N) is 1. The van der Waals surface area contributed by atoms with Crippen LogP contribution in [-0.4, -0.2) is 11.0 Å². The van der Waals surface area contributed by atoms with Crippen LogP contribution in [0.2, 0.25) is 0 Å². The SMILES string of the molecule is C[C@H](NCc1ccc(/C(N)=N/O)cc1F)c1cccs1. The Labute approximate surface area is 120 Å². The van der Waals surface area contributed by atoms with Crippen molar-refractivity contribution >= 4 is 17.2 Å². The van der Waals surface area contributed by atoms with Crippen LogP contribution in [0.5, 0.6) is 0 Å². The summed E-state index contributed by atoms with van der Waals surface area (Å²) in [7, 11) is 0. The Bertz CT molecular complexity index is 598. The largest absolute Gasteiger partial charge is 0.409 e. The van der Waals surface area contributed by atoms with Crippen molar-refractivity contribution in [1.82, 2.24) is 5.32 Å². The fraction of sp³-hybridized carbons (Fsp3) is 0.214. The first-order valence-corrected chi connectivity index (χ1v) is 7.03. The molecule has 20 heavy (non-hydrogen) atoms. The summed E-state index contributed by atoms with van der Waals surface area (Å²) in [6.45, 7) is 2.45. The topological polar surface area (TPSA) is 70.6 Å². The normalized spacial score (nSPS) is 13.4. The lowest BCUT2D eigenvalue weighted by atomic mass is 10.1. The minimum Gasteiger partial charge on any atom is -0.409 e. The van der Waals surface area contributed by atoms with Crippen LogP contribution in [0, 0.1) is 5.82 Å². The van der Waals surface area contributed by atoms with Crippen molar-refractivity contribution in [2.24, 2.45) is 10.9 Å².